The van der Waals surface area contributed by atoms with E-state index in [0.717, 1.165) is 0 Å². The topological polar surface area (TPSA) is 58.6 Å². The molecule has 0 unspecified atom stereocenters. The van der Waals surface area contributed by atoms with Gasteiger partial charge in [-0.05, 0) is 6.42 Å². The largest absolute Gasteiger partial charge is 0.396 e. The minimum atomic E-state index is -0.368. The molecule has 0 aliphatic carbocycles. The van der Waals surface area contributed by atoms with Crippen LogP contribution in [0.1, 0.15) is 13.3 Å². The van der Waals surface area contributed by atoms with E-state index in [1.54, 1.807) is 0 Å². The monoisotopic (exact) mass is 133 g/mol. The average molecular weight is 133 g/mol. The summed E-state index contributed by atoms with van der Waals surface area (Å²) < 4.78 is 0. The maximum absolute atomic E-state index is 10.1. The quantitative estimate of drug-likeness (QED) is 0.398. The molecule has 0 saturated heterocycles. The van der Waals surface area contributed by atoms with E-state index in [4.69, 9.17) is 5.11 Å². The molecule has 4 heteroatoms. The predicted molar refractivity (Wildman–Crippen MR) is 31.5 cm³/mol. The van der Waals surface area contributed by atoms with Crippen LogP contribution < -0.4 is 5.48 Å². The minimum Gasteiger partial charge on any atom is -0.396 e. The van der Waals surface area contributed by atoms with Gasteiger partial charge in [0.15, 0.2) is 0 Å². The van der Waals surface area contributed by atoms with E-state index in [9.17, 15) is 4.79 Å². The Morgan fingerprint density at radius 2 is 2.44 bits per heavy atom. The van der Waals surface area contributed by atoms with E-state index < -0.39 is 0 Å². The van der Waals surface area contributed by atoms with Crippen LogP contribution in [0, 0.1) is 0 Å². The summed E-state index contributed by atoms with van der Waals surface area (Å²) in [5, 5.41) is 8.25. The van der Waals surface area contributed by atoms with Crippen LogP contribution in [-0.2, 0) is 9.63 Å². The Labute approximate surface area is 53.8 Å². The summed E-state index contributed by atoms with van der Waals surface area (Å²) in [4.78, 5) is 14.4. The number of hydroxylamine groups is 1. The van der Waals surface area contributed by atoms with Crippen LogP contribution >= 0.6 is 0 Å². The predicted octanol–water partition coefficient (Wildman–Crippen LogP) is -0.564. The lowest BCUT2D eigenvalue weighted by Gasteiger charge is -1.99. The van der Waals surface area contributed by atoms with E-state index >= 15 is 0 Å². The van der Waals surface area contributed by atoms with Gasteiger partial charge in [-0.15, -0.1) is 0 Å². The molecule has 0 aliphatic rings. The molecule has 0 radical (unpaired) electrons. The van der Waals surface area contributed by atoms with Crippen LogP contribution in [0.3, 0.4) is 0 Å². The molecule has 0 aliphatic heterocycles. The zero-order chi connectivity index (χ0) is 7.11. The lowest BCUT2D eigenvalue weighted by molar-refractivity contribution is -0.148. The normalized spacial score (nSPS) is 9.11. The van der Waals surface area contributed by atoms with Crippen molar-refractivity contribution in [1.82, 2.24) is 5.48 Å². The van der Waals surface area contributed by atoms with Crippen molar-refractivity contribution >= 4 is 5.97 Å². The Balaban J connectivity index is 2.83. The Morgan fingerprint density at radius 3 is 2.89 bits per heavy atom. The maximum Gasteiger partial charge on any atom is 0.321 e. The van der Waals surface area contributed by atoms with Gasteiger partial charge < -0.3 is 9.94 Å². The zero-order valence-electron chi connectivity index (χ0n) is 5.39. The van der Waals surface area contributed by atoms with Gasteiger partial charge in [0.2, 0.25) is 0 Å². The summed E-state index contributed by atoms with van der Waals surface area (Å²) in [6.45, 7) is 1.91. The molecule has 0 saturated carbocycles. The fourth-order valence-electron chi connectivity index (χ4n) is 0.304. The first-order chi connectivity index (χ1) is 4.27. The van der Waals surface area contributed by atoms with Gasteiger partial charge in [0.05, 0.1) is 0 Å². The van der Waals surface area contributed by atoms with Crippen LogP contribution in [0.2, 0.25) is 0 Å². The van der Waals surface area contributed by atoms with Crippen LogP contribution in [0.15, 0.2) is 0 Å². The van der Waals surface area contributed by atoms with E-state index in [1.165, 1.54) is 6.92 Å². The highest BCUT2D eigenvalue weighted by atomic mass is 16.7. The number of nitrogens with one attached hydrogen (secondary N) is 1. The molecule has 0 fully saturated rings. The summed E-state index contributed by atoms with van der Waals surface area (Å²) in [5.74, 6) is -0.368. The first-order valence-corrected chi connectivity index (χ1v) is 2.78. The molecule has 4 nitrogen and oxygen atoms in total. The molecule has 0 rings (SSSR count). The number of aliphatic hydroxyl groups excluding tert-OH is 1. The van der Waals surface area contributed by atoms with Crippen molar-refractivity contribution in [2.24, 2.45) is 0 Å². The third kappa shape index (κ3) is 7.39. The van der Waals surface area contributed by atoms with Crippen molar-refractivity contribution in [3.8, 4) is 0 Å². The van der Waals surface area contributed by atoms with E-state index in [0.29, 0.717) is 13.0 Å². The number of aliphatic hydroxyl groups is 1. The molecule has 0 aromatic carbocycles. The third-order valence-corrected chi connectivity index (χ3v) is 0.653. The molecule has 0 atom stereocenters. The van der Waals surface area contributed by atoms with E-state index in [-0.39, 0.29) is 12.6 Å². The molecule has 0 aromatic heterocycles. The van der Waals surface area contributed by atoms with Crippen molar-refractivity contribution in [2.75, 3.05) is 13.2 Å². The highest BCUT2D eigenvalue weighted by Gasteiger charge is 1.88. The van der Waals surface area contributed by atoms with Crippen molar-refractivity contribution in [1.29, 1.82) is 0 Å². The van der Waals surface area contributed by atoms with Crippen LogP contribution in [-0.4, -0.2) is 24.2 Å². The molecule has 0 spiro atoms. The second-order valence-corrected chi connectivity index (χ2v) is 1.57. The number of hydrogen-bond acceptors (Lipinski definition) is 4. The Morgan fingerprint density at radius 1 is 1.78 bits per heavy atom. The standard InChI is InChI=1S/C5H11NO3/c1-5(8)9-6-3-2-4-7/h6-7H,2-4H2,1H3. The van der Waals surface area contributed by atoms with E-state index in [1.807, 2.05) is 0 Å². The molecule has 54 valence electrons. The van der Waals surface area contributed by atoms with Crippen molar-refractivity contribution in [3.05, 3.63) is 0 Å². The molecule has 9 heavy (non-hydrogen) atoms. The van der Waals surface area contributed by atoms with Gasteiger partial charge in [-0.1, -0.05) is 0 Å². The van der Waals surface area contributed by atoms with Crippen molar-refractivity contribution in [3.63, 3.8) is 0 Å². The molecular formula is C5H11NO3. The third-order valence-electron chi connectivity index (χ3n) is 0.653. The van der Waals surface area contributed by atoms with Gasteiger partial charge in [0.1, 0.15) is 0 Å². The minimum absolute atomic E-state index is 0.105. The molecule has 0 aromatic rings. The lowest BCUT2D eigenvalue weighted by atomic mass is 10.5. The smallest absolute Gasteiger partial charge is 0.321 e. The lowest BCUT2D eigenvalue weighted by Crippen LogP contribution is -2.19. The summed E-state index contributed by atoms with van der Waals surface area (Å²) in [5.41, 5.74) is 2.38. The number of carbonyl (C=O) groups is 1. The Bertz CT molecular complexity index is 84.3. The van der Waals surface area contributed by atoms with Crippen molar-refractivity contribution in [2.45, 2.75) is 13.3 Å². The molecule has 0 heterocycles. The Hall–Kier alpha value is -0.610. The second-order valence-electron chi connectivity index (χ2n) is 1.57. The van der Waals surface area contributed by atoms with Crippen molar-refractivity contribution < 1.29 is 14.7 Å². The molecular weight excluding hydrogens is 122 g/mol. The summed E-state index contributed by atoms with van der Waals surface area (Å²) in [6, 6.07) is 0. The summed E-state index contributed by atoms with van der Waals surface area (Å²) >= 11 is 0. The van der Waals surface area contributed by atoms with Gasteiger partial charge in [-0.25, -0.2) is 0 Å². The second kappa shape index (κ2) is 5.53. The fourth-order valence-corrected chi connectivity index (χ4v) is 0.304. The summed E-state index contributed by atoms with van der Waals surface area (Å²) in [6.07, 6.45) is 0.591. The average Bonchev–Trinajstić information content (AvgIpc) is 1.80. The summed E-state index contributed by atoms with van der Waals surface area (Å²) in [7, 11) is 0. The van der Waals surface area contributed by atoms with E-state index in [2.05, 4.69) is 10.3 Å². The van der Waals surface area contributed by atoms with Gasteiger partial charge in [0.25, 0.3) is 0 Å². The molecule has 0 bridgehead atoms. The van der Waals surface area contributed by atoms with Gasteiger partial charge in [-0.3, -0.25) is 4.79 Å². The zero-order valence-corrected chi connectivity index (χ0v) is 5.39. The molecule has 0 amide bonds. The van der Waals surface area contributed by atoms with Gasteiger partial charge in [0, 0.05) is 20.1 Å². The first kappa shape index (κ1) is 8.39. The first-order valence-electron chi connectivity index (χ1n) is 2.78. The maximum atomic E-state index is 10.1. The van der Waals surface area contributed by atoms with Crippen LogP contribution in [0.25, 0.3) is 0 Å². The number of carbonyl (C=O) groups excluding carboxylic acids is 1. The van der Waals surface area contributed by atoms with Gasteiger partial charge in [-0.2, -0.15) is 5.48 Å². The molecule has 2 N–H and O–H groups in total. The highest BCUT2D eigenvalue weighted by Crippen LogP contribution is 1.72. The van der Waals surface area contributed by atoms with Crippen LogP contribution in [0.4, 0.5) is 0 Å². The van der Waals surface area contributed by atoms with Gasteiger partial charge >= 0.3 is 5.97 Å². The fraction of sp³-hybridized carbons (Fsp3) is 0.800. The Kier molecular flexibility index (Phi) is 5.15. The van der Waals surface area contributed by atoms with Crippen LogP contribution in [0.5, 0.6) is 0 Å². The number of rotatable bonds is 4. The highest BCUT2D eigenvalue weighted by molar-refractivity contribution is 5.65. The SMILES string of the molecule is CC(=O)ONCCCO. The number of hydrogen-bond donors (Lipinski definition) is 2.